The maximum absolute atomic E-state index is 12.4. The van der Waals surface area contributed by atoms with Crippen LogP contribution >= 0.6 is 11.3 Å². The van der Waals surface area contributed by atoms with Gasteiger partial charge in [0.05, 0.1) is 18.9 Å². The highest BCUT2D eigenvalue weighted by atomic mass is 32.1. The van der Waals surface area contributed by atoms with Crippen LogP contribution in [0.4, 0.5) is 10.8 Å². The molecule has 1 aliphatic rings. The number of hydrogen-bond acceptors (Lipinski definition) is 5. The molecule has 31 heavy (non-hydrogen) atoms. The predicted octanol–water partition coefficient (Wildman–Crippen LogP) is 5.22. The van der Waals surface area contributed by atoms with E-state index in [2.05, 4.69) is 60.2 Å². The van der Waals surface area contributed by atoms with Crippen molar-refractivity contribution in [2.75, 3.05) is 36.5 Å². The molecular weight excluding hydrogens is 406 g/mol. The Morgan fingerprint density at radius 1 is 1.10 bits per heavy atom. The first kappa shape index (κ1) is 21.3. The Morgan fingerprint density at radius 3 is 2.45 bits per heavy atom. The number of thiazole rings is 1. The van der Waals surface area contributed by atoms with Crippen LogP contribution in [0.15, 0.2) is 47.9 Å². The Balaban J connectivity index is 1.39. The van der Waals surface area contributed by atoms with E-state index in [-0.39, 0.29) is 5.91 Å². The van der Waals surface area contributed by atoms with Crippen molar-refractivity contribution in [1.29, 1.82) is 0 Å². The van der Waals surface area contributed by atoms with Gasteiger partial charge in [0.25, 0.3) is 0 Å². The number of rotatable bonds is 5. The van der Waals surface area contributed by atoms with Gasteiger partial charge in [0.2, 0.25) is 5.91 Å². The maximum Gasteiger partial charge on any atom is 0.250 e. The summed E-state index contributed by atoms with van der Waals surface area (Å²) in [6, 6.07) is 12.5. The molecule has 5 nitrogen and oxygen atoms in total. The van der Waals surface area contributed by atoms with Gasteiger partial charge in [-0.2, -0.15) is 0 Å². The summed E-state index contributed by atoms with van der Waals surface area (Å²) >= 11 is 1.44. The molecular formula is C25H27N3O2S. The minimum atomic E-state index is -0.185. The van der Waals surface area contributed by atoms with Crippen molar-refractivity contribution in [2.45, 2.75) is 20.8 Å². The summed E-state index contributed by atoms with van der Waals surface area (Å²) in [6.07, 6.45) is 3.37. The quantitative estimate of drug-likeness (QED) is 0.560. The maximum atomic E-state index is 12.4. The fourth-order valence-electron chi connectivity index (χ4n) is 3.97. The van der Waals surface area contributed by atoms with Crippen molar-refractivity contribution in [2.24, 2.45) is 0 Å². The third-order valence-electron chi connectivity index (χ3n) is 5.36. The van der Waals surface area contributed by atoms with Crippen LogP contribution in [0, 0.1) is 20.8 Å². The Hall–Kier alpha value is -2.96. The van der Waals surface area contributed by atoms with Crippen LogP contribution in [0.2, 0.25) is 0 Å². The lowest BCUT2D eigenvalue weighted by molar-refractivity contribution is -0.111. The number of amides is 1. The molecule has 2 heterocycles. The fraction of sp³-hybridized carbons (Fsp3) is 0.280. The molecule has 2 aromatic carbocycles. The zero-order valence-electron chi connectivity index (χ0n) is 18.1. The molecule has 3 aromatic rings. The van der Waals surface area contributed by atoms with E-state index in [1.807, 2.05) is 23.6 Å². The second kappa shape index (κ2) is 9.45. The second-order valence-electron chi connectivity index (χ2n) is 7.83. The van der Waals surface area contributed by atoms with Gasteiger partial charge in [0.1, 0.15) is 0 Å². The van der Waals surface area contributed by atoms with Crippen molar-refractivity contribution in [3.05, 3.63) is 70.1 Å². The van der Waals surface area contributed by atoms with Crippen LogP contribution in [0.1, 0.15) is 22.3 Å². The van der Waals surface area contributed by atoms with Gasteiger partial charge < -0.3 is 9.64 Å². The molecule has 0 aliphatic carbocycles. The van der Waals surface area contributed by atoms with Crippen LogP contribution in [-0.2, 0) is 9.53 Å². The van der Waals surface area contributed by atoms with E-state index in [9.17, 15) is 4.79 Å². The monoisotopic (exact) mass is 433 g/mol. The Labute approximate surface area is 187 Å². The summed E-state index contributed by atoms with van der Waals surface area (Å²) in [7, 11) is 0. The summed E-state index contributed by atoms with van der Waals surface area (Å²) in [5.74, 6) is -0.185. The summed E-state index contributed by atoms with van der Waals surface area (Å²) in [5.41, 5.74) is 7.84. The van der Waals surface area contributed by atoms with E-state index < -0.39 is 0 Å². The topological polar surface area (TPSA) is 54.5 Å². The zero-order chi connectivity index (χ0) is 21.8. The molecule has 6 heteroatoms. The first-order chi connectivity index (χ1) is 15.0. The fourth-order valence-corrected chi connectivity index (χ4v) is 4.67. The minimum Gasteiger partial charge on any atom is -0.378 e. The lowest BCUT2D eigenvalue weighted by atomic mass is 9.98. The Bertz CT molecular complexity index is 1070. The van der Waals surface area contributed by atoms with Crippen molar-refractivity contribution in [3.63, 3.8) is 0 Å². The number of carbonyl (C=O) groups excluding carboxylic acids is 1. The summed E-state index contributed by atoms with van der Waals surface area (Å²) in [4.78, 5) is 19.3. The molecule has 0 spiro atoms. The van der Waals surface area contributed by atoms with Crippen LogP contribution < -0.4 is 10.2 Å². The number of morpholine rings is 1. The normalized spacial score (nSPS) is 14.2. The first-order valence-electron chi connectivity index (χ1n) is 10.5. The SMILES string of the molecule is Cc1cc(C)c(-c2csc(NC(=O)/C=C/c3ccc(N4CCOCC4)cc3)n2)c(C)c1. The number of carbonyl (C=O) groups is 1. The van der Waals surface area contributed by atoms with E-state index in [0.717, 1.165) is 43.1 Å². The number of hydrogen-bond donors (Lipinski definition) is 1. The molecule has 1 amide bonds. The number of aryl methyl sites for hydroxylation is 3. The zero-order valence-corrected chi connectivity index (χ0v) is 19.0. The highest BCUT2D eigenvalue weighted by Gasteiger charge is 2.12. The number of anilines is 2. The van der Waals surface area contributed by atoms with Crippen LogP contribution in [0.5, 0.6) is 0 Å². The largest absolute Gasteiger partial charge is 0.378 e. The van der Waals surface area contributed by atoms with Gasteiger partial charge in [-0.1, -0.05) is 29.8 Å². The predicted molar refractivity (Wildman–Crippen MR) is 129 cm³/mol. The number of benzene rings is 2. The summed E-state index contributed by atoms with van der Waals surface area (Å²) < 4.78 is 5.40. The number of nitrogens with one attached hydrogen (secondary N) is 1. The van der Waals surface area contributed by atoms with E-state index in [1.165, 1.54) is 33.7 Å². The molecule has 0 saturated carbocycles. The molecule has 4 rings (SSSR count). The van der Waals surface area contributed by atoms with Crippen molar-refractivity contribution < 1.29 is 9.53 Å². The van der Waals surface area contributed by atoms with Gasteiger partial charge in [-0.3, -0.25) is 10.1 Å². The Morgan fingerprint density at radius 2 is 1.77 bits per heavy atom. The van der Waals surface area contributed by atoms with E-state index in [4.69, 9.17) is 4.74 Å². The number of ether oxygens (including phenoxy) is 1. The van der Waals surface area contributed by atoms with E-state index >= 15 is 0 Å². The molecule has 1 N–H and O–H groups in total. The first-order valence-corrected chi connectivity index (χ1v) is 11.3. The Kier molecular flexibility index (Phi) is 6.49. The lowest BCUT2D eigenvalue weighted by Gasteiger charge is -2.28. The molecule has 0 bridgehead atoms. The highest BCUT2D eigenvalue weighted by Crippen LogP contribution is 2.31. The smallest absolute Gasteiger partial charge is 0.250 e. The second-order valence-corrected chi connectivity index (χ2v) is 8.68. The van der Waals surface area contributed by atoms with E-state index in [1.54, 1.807) is 6.08 Å². The number of aromatic nitrogens is 1. The molecule has 160 valence electrons. The molecule has 0 unspecified atom stereocenters. The van der Waals surface area contributed by atoms with Crippen molar-refractivity contribution in [1.82, 2.24) is 4.98 Å². The molecule has 1 fully saturated rings. The molecule has 0 atom stereocenters. The molecule has 1 aromatic heterocycles. The summed E-state index contributed by atoms with van der Waals surface area (Å²) in [6.45, 7) is 9.65. The van der Waals surface area contributed by atoms with Gasteiger partial charge in [-0.25, -0.2) is 4.98 Å². The average molecular weight is 434 g/mol. The van der Waals surface area contributed by atoms with Crippen LogP contribution in [0.3, 0.4) is 0 Å². The van der Waals surface area contributed by atoms with Gasteiger partial charge >= 0.3 is 0 Å². The van der Waals surface area contributed by atoms with Crippen molar-refractivity contribution in [3.8, 4) is 11.3 Å². The van der Waals surface area contributed by atoms with E-state index in [0.29, 0.717) is 5.13 Å². The minimum absolute atomic E-state index is 0.185. The molecule has 1 aliphatic heterocycles. The van der Waals surface area contributed by atoms with Gasteiger partial charge in [-0.05, 0) is 55.7 Å². The third kappa shape index (κ3) is 5.21. The highest BCUT2D eigenvalue weighted by molar-refractivity contribution is 7.14. The van der Waals surface area contributed by atoms with Gasteiger partial charge in [0, 0.05) is 35.8 Å². The lowest BCUT2D eigenvalue weighted by Crippen LogP contribution is -2.36. The van der Waals surface area contributed by atoms with Crippen molar-refractivity contribution >= 4 is 34.1 Å². The standard InChI is InChI=1S/C25H27N3O2S/c1-17-14-18(2)24(19(3)15-17)22-16-31-25(26-22)27-23(29)9-6-20-4-7-21(8-5-20)28-10-12-30-13-11-28/h4-9,14-16H,10-13H2,1-3H3,(H,26,27,29)/b9-6+. The van der Waals surface area contributed by atoms with Crippen LogP contribution in [-0.4, -0.2) is 37.2 Å². The van der Waals surface area contributed by atoms with Gasteiger partial charge in [-0.15, -0.1) is 11.3 Å². The summed E-state index contributed by atoms with van der Waals surface area (Å²) in [5, 5.41) is 5.47. The third-order valence-corrected chi connectivity index (χ3v) is 6.12. The number of nitrogens with zero attached hydrogens (tertiary/aromatic N) is 2. The average Bonchev–Trinajstić information content (AvgIpc) is 3.20. The molecule has 1 saturated heterocycles. The van der Waals surface area contributed by atoms with Gasteiger partial charge in [0.15, 0.2) is 5.13 Å². The molecule has 0 radical (unpaired) electrons. The van der Waals surface area contributed by atoms with Crippen LogP contribution in [0.25, 0.3) is 17.3 Å².